The summed E-state index contributed by atoms with van der Waals surface area (Å²) < 4.78 is 47.5. The highest BCUT2D eigenvalue weighted by Crippen LogP contribution is 2.29. The number of hydrogen-bond donors (Lipinski definition) is 3. The van der Waals surface area contributed by atoms with Crippen molar-refractivity contribution in [2.24, 2.45) is 0 Å². The Labute approximate surface area is 166 Å². The number of aryl methyl sites for hydroxylation is 2. The zero-order valence-electron chi connectivity index (χ0n) is 15.3. The lowest BCUT2D eigenvalue weighted by molar-refractivity contribution is 0.609. The lowest BCUT2D eigenvalue weighted by atomic mass is 10.1. The molecule has 0 aliphatic carbocycles. The van der Waals surface area contributed by atoms with E-state index in [2.05, 4.69) is 20.3 Å². The average molecular weight is 426 g/mol. The Balaban J connectivity index is 2.11. The van der Waals surface area contributed by atoms with E-state index in [9.17, 15) is 13.0 Å². The Bertz CT molecular complexity index is 1150. The highest BCUT2D eigenvalue weighted by Gasteiger charge is 2.23. The maximum atomic E-state index is 14.1. The molecule has 0 aliphatic heterocycles. The molecule has 0 saturated carbocycles. The van der Waals surface area contributed by atoms with Gasteiger partial charge < -0.3 is 10.3 Å². The Morgan fingerprint density at radius 3 is 2.46 bits per heavy atom. The Kier molecular flexibility index (Phi) is 5.40. The Morgan fingerprint density at radius 1 is 1.18 bits per heavy atom. The van der Waals surface area contributed by atoms with E-state index in [4.69, 9.17) is 16.4 Å². The molecule has 10 heteroatoms. The van der Waals surface area contributed by atoms with E-state index in [1.165, 1.54) is 37.4 Å². The van der Waals surface area contributed by atoms with Gasteiger partial charge in [-0.3, -0.25) is 0 Å². The van der Waals surface area contributed by atoms with Gasteiger partial charge in [-0.1, -0.05) is 17.7 Å². The first kappa shape index (κ1) is 20.2. The van der Waals surface area contributed by atoms with Gasteiger partial charge in [-0.25, -0.2) is 27.7 Å². The van der Waals surface area contributed by atoms with E-state index >= 15 is 0 Å². The molecular formula is C18H18ClF2N5OS. The number of pyridine rings is 1. The molecule has 0 spiro atoms. The molecule has 6 nitrogen and oxygen atoms in total. The van der Waals surface area contributed by atoms with Crippen LogP contribution in [-0.2, 0) is 9.73 Å². The maximum Gasteiger partial charge on any atom is 0.156 e. The fourth-order valence-electron chi connectivity index (χ4n) is 2.76. The minimum atomic E-state index is -3.06. The highest BCUT2D eigenvalue weighted by atomic mass is 35.5. The van der Waals surface area contributed by atoms with Crippen molar-refractivity contribution in [3.05, 3.63) is 69.8 Å². The molecule has 0 amide bonds. The van der Waals surface area contributed by atoms with Gasteiger partial charge in [0.25, 0.3) is 0 Å². The lowest BCUT2D eigenvalue weighted by Crippen LogP contribution is -2.16. The first-order valence-corrected chi connectivity index (χ1v) is 10.6. The van der Waals surface area contributed by atoms with Gasteiger partial charge >= 0.3 is 0 Å². The van der Waals surface area contributed by atoms with Crippen LogP contribution in [-0.4, -0.2) is 25.4 Å². The smallest absolute Gasteiger partial charge is 0.156 e. The standard InChI is InChI=1S/C18H18ClF2N5OS/c1-9-13(20)6-7-15(23-9)25-16(11-4-5-12(19)14(21)8-11)17-24-10(2)18(26-17)28(3,22)27/h4-8,16,22H,1-3H3,(H,23,25)(H,24,26)/t16-,28+/m0/s1. The van der Waals surface area contributed by atoms with Gasteiger partial charge in [0.2, 0.25) is 0 Å². The molecule has 3 rings (SSSR count). The summed E-state index contributed by atoms with van der Waals surface area (Å²) in [5.74, 6) is -0.397. The largest absolute Gasteiger partial charge is 0.356 e. The molecule has 0 unspecified atom stereocenters. The average Bonchev–Trinajstić information content (AvgIpc) is 3.00. The molecule has 0 bridgehead atoms. The summed E-state index contributed by atoms with van der Waals surface area (Å²) in [4.78, 5) is 11.4. The third-order valence-corrected chi connectivity index (χ3v) is 5.53. The van der Waals surface area contributed by atoms with E-state index in [-0.39, 0.29) is 15.7 Å². The number of aromatic amines is 1. The first-order valence-electron chi connectivity index (χ1n) is 8.21. The normalized spacial score (nSPS) is 14.5. The summed E-state index contributed by atoms with van der Waals surface area (Å²) in [6.45, 7) is 3.18. The minimum absolute atomic E-state index is 0.0303. The first-order chi connectivity index (χ1) is 13.1. The van der Waals surface area contributed by atoms with Crippen LogP contribution in [0.15, 0.2) is 35.4 Å². The van der Waals surface area contributed by atoms with Crippen LogP contribution in [0.3, 0.4) is 0 Å². The van der Waals surface area contributed by atoms with E-state index in [0.717, 1.165) is 0 Å². The van der Waals surface area contributed by atoms with Crippen LogP contribution in [0.4, 0.5) is 14.6 Å². The van der Waals surface area contributed by atoms with Crippen LogP contribution >= 0.6 is 11.6 Å². The van der Waals surface area contributed by atoms with Crippen LogP contribution in [0, 0.1) is 30.3 Å². The second-order valence-corrected chi connectivity index (χ2v) is 8.89. The fourth-order valence-corrected chi connectivity index (χ4v) is 3.78. The lowest BCUT2D eigenvalue weighted by Gasteiger charge is -2.18. The zero-order chi connectivity index (χ0) is 20.6. The van der Waals surface area contributed by atoms with Crippen LogP contribution in [0.25, 0.3) is 0 Å². The molecule has 0 fully saturated rings. The van der Waals surface area contributed by atoms with Crippen molar-refractivity contribution in [1.29, 1.82) is 4.78 Å². The summed E-state index contributed by atoms with van der Waals surface area (Å²) in [5.41, 5.74) is 1.14. The quantitative estimate of drug-likeness (QED) is 0.557. The number of nitrogens with zero attached hydrogens (tertiary/aromatic N) is 2. The Morgan fingerprint density at radius 2 is 1.89 bits per heavy atom. The maximum absolute atomic E-state index is 14.1. The van der Waals surface area contributed by atoms with Crippen molar-refractivity contribution in [2.75, 3.05) is 11.6 Å². The third-order valence-electron chi connectivity index (χ3n) is 4.09. The minimum Gasteiger partial charge on any atom is -0.356 e. The molecule has 0 saturated heterocycles. The van der Waals surface area contributed by atoms with Gasteiger partial charge in [0, 0.05) is 11.9 Å². The fraction of sp³-hybridized carbons (Fsp3) is 0.222. The number of benzene rings is 1. The number of halogens is 3. The summed E-state index contributed by atoms with van der Waals surface area (Å²) in [5, 5.41) is 3.17. The molecule has 2 heterocycles. The van der Waals surface area contributed by atoms with Crippen LogP contribution in [0.1, 0.15) is 28.8 Å². The molecule has 1 aromatic carbocycles. The molecule has 2 atom stereocenters. The SMILES string of the molecule is Cc1nc(N[C@@H](c2ccc(Cl)c(F)c2)c2nc([S@](C)(=N)=O)c(C)[nH]2)ccc1F. The van der Waals surface area contributed by atoms with Crippen molar-refractivity contribution in [3.8, 4) is 0 Å². The van der Waals surface area contributed by atoms with E-state index in [1.54, 1.807) is 13.0 Å². The molecule has 0 aliphatic rings. The van der Waals surface area contributed by atoms with Gasteiger partial charge in [-0.2, -0.15) is 0 Å². The Hall–Kier alpha value is -2.52. The molecule has 148 valence electrons. The van der Waals surface area contributed by atoms with Gasteiger partial charge in [-0.05, 0) is 43.7 Å². The molecule has 3 aromatic rings. The molecule has 28 heavy (non-hydrogen) atoms. The number of imidazole rings is 1. The van der Waals surface area contributed by atoms with E-state index < -0.39 is 27.4 Å². The van der Waals surface area contributed by atoms with Crippen molar-refractivity contribution in [1.82, 2.24) is 15.0 Å². The van der Waals surface area contributed by atoms with Crippen molar-refractivity contribution >= 4 is 27.1 Å². The van der Waals surface area contributed by atoms with Crippen LogP contribution in [0.5, 0.6) is 0 Å². The number of H-pyrrole nitrogens is 1. The van der Waals surface area contributed by atoms with E-state index in [0.29, 0.717) is 22.9 Å². The summed E-state index contributed by atoms with van der Waals surface area (Å²) in [6, 6.07) is 6.27. The topological polar surface area (TPSA) is 94.5 Å². The van der Waals surface area contributed by atoms with Crippen LogP contribution in [0.2, 0.25) is 5.02 Å². The molecular weight excluding hydrogens is 408 g/mol. The van der Waals surface area contributed by atoms with Crippen molar-refractivity contribution in [3.63, 3.8) is 0 Å². The second kappa shape index (κ2) is 7.48. The summed E-state index contributed by atoms with van der Waals surface area (Å²) in [7, 11) is -3.06. The monoisotopic (exact) mass is 425 g/mol. The molecule has 0 radical (unpaired) electrons. The number of nitrogens with one attached hydrogen (secondary N) is 3. The van der Waals surface area contributed by atoms with Crippen molar-refractivity contribution in [2.45, 2.75) is 24.9 Å². The number of anilines is 1. The number of rotatable bonds is 5. The number of aromatic nitrogens is 3. The van der Waals surface area contributed by atoms with Gasteiger partial charge in [0.05, 0.1) is 20.4 Å². The molecule has 3 N–H and O–H groups in total. The van der Waals surface area contributed by atoms with Crippen molar-refractivity contribution < 1.29 is 13.0 Å². The summed E-state index contributed by atoms with van der Waals surface area (Å²) >= 11 is 5.78. The predicted molar refractivity (Wildman–Crippen MR) is 104 cm³/mol. The van der Waals surface area contributed by atoms with Crippen LogP contribution < -0.4 is 5.32 Å². The second-order valence-electron chi connectivity index (χ2n) is 6.41. The van der Waals surface area contributed by atoms with Gasteiger partial charge in [0.1, 0.15) is 29.3 Å². The highest BCUT2D eigenvalue weighted by molar-refractivity contribution is 7.91. The number of hydrogen-bond acceptors (Lipinski definition) is 5. The van der Waals surface area contributed by atoms with E-state index in [1.807, 2.05) is 0 Å². The molecule has 2 aromatic heterocycles. The third kappa shape index (κ3) is 4.15. The van der Waals surface area contributed by atoms with Gasteiger partial charge in [0.15, 0.2) is 5.03 Å². The zero-order valence-corrected chi connectivity index (χ0v) is 16.9. The predicted octanol–water partition coefficient (Wildman–Crippen LogP) is 4.59. The van der Waals surface area contributed by atoms with Gasteiger partial charge in [-0.15, -0.1) is 0 Å². The summed E-state index contributed by atoms with van der Waals surface area (Å²) in [6.07, 6.45) is 1.27.